The number of amides is 1. The Morgan fingerprint density at radius 2 is 1.49 bits per heavy atom. The lowest BCUT2D eigenvalue weighted by atomic mass is 10.1. The van der Waals surface area contributed by atoms with Gasteiger partial charge in [0, 0.05) is 37.1 Å². The first-order valence-corrected chi connectivity index (χ1v) is 19.2. The number of carbonyl (C=O) groups excluding carboxylic acids is 1. The molecule has 0 aliphatic rings. The van der Waals surface area contributed by atoms with Crippen LogP contribution in [0, 0.1) is 5.82 Å². The van der Waals surface area contributed by atoms with E-state index in [1.807, 2.05) is 12.1 Å². The molecule has 0 fully saturated rings. The molecule has 304 valence electrons. The number of benzene rings is 2. The molecule has 0 spiro atoms. The number of carbonyl (C=O) groups is 3. The minimum absolute atomic E-state index is 0.0540. The van der Waals surface area contributed by atoms with Crippen molar-refractivity contribution in [3.05, 3.63) is 111 Å². The van der Waals surface area contributed by atoms with Gasteiger partial charge in [-0.25, -0.2) is 14.0 Å². The lowest BCUT2D eigenvalue weighted by molar-refractivity contribution is -0.165. The largest absolute Gasteiger partial charge is 0.479 e. The minimum atomic E-state index is -4.42. The highest BCUT2D eigenvalue weighted by atomic mass is 32.2. The number of aromatic nitrogens is 3. The molecule has 0 unspecified atom stereocenters. The summed E-state index contributed by atoms with van der Waals surface area (Å²) in [6.07, 6.45) is -7.32. The molecule has 0 aliphatic heterocycles. The predicted molar refractivity (Wildman–Crippen MR) is 205 cm³/mol. The molecule has 0 bridgehead atoms. The normalized spacial score (nSPS) is 12.5. The third-order valence-corrected chi connectivity index (χ3v) is 10.5. The molecular formula is C38H39F4N5O8S2. The van der Waals surface area contributed by atoms with E-state index in [-0.39, 0.29) is 30.4 Å². The number of alkyl halides is 3. The molecule has 4 N–H and O–H groups in total. The Hall–Kier alpha value is -5.21. The van der Waals surface area contributed by atoms with Crippen LogP contribution in [0.1, 0.15) is 30.5 Å². The molecule has 2 aromatic carbocycles. The van der Waals surface area contributed by atoms with E-state index in [1.165, 1.54) is 47.4 Å². The highest BCUT2D eigenvalue weighted by molar-refractivity contribution is 7.98. The molecule has 0 aliphatic carbocycles. The van der Waals surface area contributed by atoms with Crippen LogP contribution in [0.5, 0.6) is 0 Å². The predicted octanol–water partition coefficient (Wildman–Crippen LogP) is 5.22. The lowest BCUT2D eigenvalue weighted by Crippen LogP contribution is -2.40. The van der Waals surface area contributed by atoms with Gasteiger partial charge in [0.05, 0.1) is 16.8 Å². The number of aliphatic carboxylic acids is 2. The van der Waals surface area contributed by atoms with Crippen LogP contribution in [0.25, 0.3) is 21.5 Å². The number of nitrogens with zero attached hydrogens (tertiary/aromatic N) is 5. The molecule has 2 atom stereocenters. The summed E-state index contributed by atoms with van der Waals surface area (Å²) in [7, 11) is 0. The number of likely N-dealkylation sites (N-methyl/N-ethyl adjacent to an activating group) is 1. The van der Waals surface area contributed by atoms with Crippen molar-refractivity contribution in [1.29, 1.82) is 0 Å². The van der Waals surface area contributed by atoms with Crippen molar-refractivity contribution in [2.45, 2.75) is 56.2 Å². The van der Waals surface area contributed by atoms with Crippen LogP contribution in [0.3, 0.4) is 0 Å². The lowest BCUT2D eigenvalue weighted by Gasteiger charge is -2.27. The van der Waals surface area contributed by atoms with Crippen molar-refractivity contribution in [3.8, 4) is 11.3 Å². The van der Waals surface area contributed by atoms with Gasteiger partial charge in [-0.05, 0) is 66.0 Å². The fourth-order valence-electron chi connectivity index (χ4n) is 5.31. The summed E-state index contributed by atoms with van der Waals surface area (Å²) in [5.41, 5.74) is 2.21. The van der Waals surface area contributed by atoms with Crippen molar-refractivity contribution < 1.29 is 52.4 Å². The van der Waals surface area contributed by atoms with Crippen LogP contribution in [0.4, 0.5) is 17.6 Å². The van der Waals surface area contributed by atoms with Crippen molar-refractivity contribution in [2.75, 3.05) is 26.2 Å². The zero-order chi connectivity index (χ0) is 41.9. The number of halogens is 4. The van der Waals surface area contributed by atoms with Crippen LogP contribution < -0.4 is 5.56 Å². The van der Waals surface area contributed by atoms with Gasteiger partial charge in [-0.2, -0.15) is 18.2 Å². The Morgan fingerprint density at radius 1 is 0.877 bits per heavy atom. The molecule has 57 heavy (non-hydrogen) atoms. The van der Waals surface area contributed by atoms with Crippen LogP contribution in [-0.4, -0.2) is 101 Å². The molecule has 0 saturated carbocycles. The number of pyridine rings is 1. The first-order valence-electron chi connectivity index (χ1n) is 17.3. The Labute approximate surface area is 331 Å². The third kappa shape index (κ3) is 12.4. The molecule has 13 nitrogen and oxygen atoms in total. The van der Waals surface area contributed by atoms with E-state index < -0.39 is 35.9 Å². The summed E-state index contributed by atoms with van der Waals surface area (Å²) < 4.78 is 54.7. The molecular weight excluding hydrogens is 795 g/mol. The van der Waals surface area contributed by atoms with Crippen molar-refractivity contribution >= 4 is 51.2 Å². The van der Waals surface area contributed by atoms with E-state index >= 15 is 0 Å². The molecule has 0 saturated heterocycles. The van der Waals surface area contributed by atoms with E-state index in [2.05, 4.69) is 28.7 Å². The Bertz CT molecular complexity index is 2160. The zero-order valence-corrected chi connectivity index (χ0v) is 32.2. The van der Waals surface area contributed by atoms with Crippen LogP contribution in [-0.2, 0) is 39.4 Å². The van der Waals surface area contributed by atoms with Gasteiger partial charge in [0.1, 0.15) is 17.1 Å². The fourth-order valence-corrected chi connectivity index (χ4v) is 7.04. The number of fused-ring (bicyclic) bond motifs is 1. The molecule has 1 amide bonds. The second-order valence-electron chi connectivity index (χ2n) is 12.4. The van der Waals surface area contributed by atoms with Gasteiger partial charge in [-0.3, -0.25) is 14.6 Å². The Morgan fingerprint density at radius 3 is 2.04 bits per heavy atom. The highest BCUT2D eigenvalue weighted by Gasteiger charge is 2.30. The van der Waals surface area contributed by atoms with Gasteiger partial charge >= 0.3 is 18.1 Å². The van der Waals surface area contributed by atoms with Crippen molar-refractivity contribution in [2.24, 2.45) is 0 Å². The Balaban J connectivity index is 0.000000635. The van der Waals surface area contributed by atoms with Gasteiger partial charge in [0.2, 0.25) is 5.91 Å². The van der Waals surface area contributed by atoms with Gasteiger partial charge in [0.15, 0.2) is 17.4 Å². The summed E-state index contributed by atoms with van der Waals surface area (Å²) >= 11 is 2.58. The molecule has 5 rings (SSSR count). The second kappa shape index (κ2) is 20.3. The number of thioether (sulfide) groups is 1. The van der Waals surface area contributed by atoms with E-state index in [0.29, 0.717) is 45.5 Å². The maximum absolute atomic E-state index is 14.0. The van der Waals surface area contributed by atoms with Gasteiger partial charge < -0.3 is 34.8 Å². The minimum Gasteiger partial charge on any atom is -0.479 e. The maximum Gasteiger partial charge on any atom is 0.416 e. The molecule has 3 aromatic heterocycles. The van der Waals surface area contributed by atoms with E-state index in [4.69, 9.17) is 20.4 Å². The van der Waals surface area contributed by atoms with Crippen LogP contribution in [0.15, 0.2) is 88.3 Å². The summed E-state index contributed by atoms with van der Waals surface area (Å²) in [4.78, 5) is 59.2. The molecule has 5 aromatic rings. The van der Waals surface area contributed by atoms with Gasteiger partial charge in [-0.15, -0.1) is 11.3 Å². The average molecular weight is 834 g/mol. The van der Waals surface area contributed by atoms with E-state index in [1.54, 1.807) is 39.2 Å². The van der Waals surface area contributed by atoms with Crippen LogP contribution in [0.2, 0.25) is 0 Å². The number of hydrogen-bond acceptors (Lipinski definition) is 11. The number of rotatable bonds is 16. The number of hydrogen-bond donors (Lipinski definition) is 4. The number of aliphatic hydroxyl groups is 2. The molecule has 19 heteroatoms. The van der Waals surface area contributed by atoms with Crippen molar-refractivity contribution in [3.63, 3.8) is 0 Å². The Kier molecular flexibility index (Phi) is 15.8. The smallest absolute Gasteiger partial charge is 0.416 e. The summed E-state index contributed by atoms with van der Waals surface area (Å²) in [5, 5.41) is 34.7. The number of thiophene rings is 1. The van der Waals surface area contributed by atoms with Crippen molar-refractivity contribution in [1.82, 2.24) is 24.3 Å². The van der Waals surface area contributed by atoms with Gasteiger partial charge in [-0.1, -0.05) is 55.9 Å². The number of carboxylic acid groups (broad SMARTS) is 2. The van der Waals surface area contributed by atoms with Crippen LogP contribution >= 0.6 is 23.1 Å². The fraction of sp³-hybridized carbons (Fsp3) is 0.316. The first kappa shape index (κ1) is 44.5. The summed E-state index contributed by atoms with van der Waals surface area (Å²) in [5.74, 6) is -3.62. The monoisotopic (exact) mass is 833 g/mol. The quantitative estimate of drug-likeness (QED) is 0.0578. The SMILES string of the molecule is CCN(CC)CCN(Cc1ccc(-c2ccc(C(F)(F)F)cc2)nc1)C(=O)Cn1c(SCc2ccc(F)cc2)nc(=O)c2sccc21.O=C(O)[C@H](O)[C@@H](O)C(=O)O. The van der Waals surface area contributed by atoms with E-state index in [9.17, 15) is 36.7 Å². The number of aliphatic hydroxyl groups excluding tert-OH is 2. The van der Waals surface area contributed by atoms with Gasteiger partial charge in [0.25, 0.3) is 5.56 Å². The highest BCUT2D eigenvalue weighted by Crippen LogP contribution is 2.31. The topological polar surface area (TPSA) is 186 Å². The molecule has 0 radical (unpaired) electrons. The zero-order valence-electron chi connectivity index (χ0n) is 30.6. The summed E-state index contributed by atoms with van der Waals surface area (Å²) in [6, 6.07) is 16.3. The molecule has 3 heterocycles. The second-order valence-corrected chi connectivity index (χ2v) is 14.2. The average Bonchev–Trinajstić information content (AvgIpc) is 3.69. The maximum atomic E-state index is 14.0. The standard InChI is InChI=1S/C34H33F4N5O2S2.C4H6O6/c1-3-41(4-2)16-17-42(20-24-7-14-28(39-19-24)25-8-10-26(11-9-25)34(36,37)38)30(44)21-43-29-15-18-46-31(29)32(45)40-33(43)47-22-23-5-12-27(35)13-6-23;5-1(3(7)8)2(6)4(9)10/h5-15,18-19H,3-4,16-17,20-22H2,1-2H3;1-2,5-6H,(H,7,8)(H,9,10)/t;1-,2-/m.1/s1. The third-order valence-electron chi connectivity index (χ3n) is 8.58. The summed E-state index contributed by atoms with van der Waals surface area (Å²) in [6.45, 7) is 7.07. The first-order chi connectivity index (χ1) is 27.0. The van der Waals surface area contributed by atoms with E-state index in [0.717, 1.165) is 36.3 Å². The number of carboxylic acids is 2.